The van der Waals surface area contributed by atoms with Crippen LogP contribution in [0.3, 0.4) is 0 Å². The summed E-state index contributed by atoms with van der Waals surface area (Å²) in [5.41, 5.74) is -0.667. The molecule has 0 aliphatic rings. The number of ether oxygens (including phenoxy) is 1. The summed E-state index contributed by atoms with van der Waals surface area (Å²) in [4.78, 5) is 20.5. The number of oxime groups is 1. The largest absolute Gasteiger partial charge is 0.465 e. The van der Waals surface area contributed by atoms with E-state index in [1.807, 2.05) is 0 Å². The molecule has 0 saturated heterocycles. The zero-order chi connectivity index (χ0) is 19.5. The van der Waals surface area contributed by atoms with E-state index in [9.17, 15) is 18.0 Å². The minimum absolute atomic E-state index is 0.0130. The number of carbonyl (C=O) groups excluding carboxylic acids is 1. The van der Waals surface area contributed by atoms with Gasteiger partial charge in [-0.25, -0.2) is 4.79 Å². The molecule has 10 heteroatoms. The average Bonchev–Trinajstić information content (AvgIpc) is 2.58. The Bertz CT molecular complexity index is 871. The fraction of sp³-hybridized carbons (Fsp3) is 0.188. The highest BCUT2D eigenvalue weighted by atomic mass is 35.5. The number of aromatic nitrogens is 1. The van der Waals surface area contributed by atoms with Crippen molar-refractivity contribution in [1.82, 2.24) is 4.98 Å². The van der Waals surface area contributed by atoms with Gasteiger partial charge in [-0.2, -0.15) is 13.2 Å². The number of esters is 1. The first-order valence-corrected chi connectivity index (χ1v) is 7.66. The molecule has 0 spiro atoms. The molecule has 1 heterocycles. The van der Waals surface area contributed by atoms with Crippen LogP contribution in [0.25, 0.3) is 11.3 Å². The quantitative estimate of drug-likeness (QED) is 0.414. The van der Waals surface area contributed by atoms with Crippen LogP contribution >= 0.6 is 23.2 Å². The predicted octanol–water partition coefficient (Wildman–Crippen LogP) is 4.84. The van der Waals surface area contributed by atoms with Crippen LogP contribution < -0.4 is 0 Å². The Labute approximate surface area is 156 Å². The lowest BCUT2D eigenvalue weighted by atomic mass is 9.98. The Morgan fingerprint density at radius 1 is 1.23 bits per heavy atom. The molecule has 0 fully saturated rings. The Kier molecular flexibility index (Phi) is 6.09. The molecule has 0 N–H and O–H groups in total. The number of nitrogens with zero attached hydrogens (tertiary/aromatic N) is 2. The summed E-state index contributed by atoms with van der Waals surface area (Å²) in [6.07, 6.45) is -2.78. The SMILES string of the molecule is CON=Cc1c(-c2ncc(C(F)(F)F)cc2Cl)ccc(Cl)c1C(=O)OC. The topological polar surface area (TPSA) is 60.8 Å². The van der Waals surface area contributed by atoms with Crippen LogP contribution in [-0.2, 0) is 15.8 Å². The molecule has 0 bridgehead atoms. The first kappa shape index (κ1) is 20.0. The molecule has 0 atom stereocenters. The smallest absolute Gasteiger partial charge is 0.417 e. The first-order chi connectivity index (χ1) is 12.2. The molecule has 0 radical (unpaired) electrons. The summed E-state index contributed by atoms with van der Waals surface area (Å²) in [6.45, 7) is 0. The number of alkyl halides is 3. The van der Waals surface area contributed by atoms with E-state index in [0.717, 1.165) is 13.2 Å². The monoisotopic (exact) mass is 406 g/mol. The number of hydrogen-bond donors (Lipinski definition) is 0. The van der Waals surface area contributed by atoms with Gasteiger partial charge in [-0.15, -0.1) is 0 Å². The van der Waals surface area contributed by atoms with Crippen molar-refractivity contribution in [2.24, 2.45) is 5.16 Å². The van der Waals surface area contributed by atoms with Crippen LogP contribution in [0.4, 0.5) is 13.2 Å². The molecular weight excluding hydrogens is 396 g/mol. The molecule has 2 aromatic rings. The minimum atomic E-state index is -4.59. The van der Waals surface area contributed by atoms with Crippen LogP contribution in [-0.4, -0.2) is 31.4 Å². The van der Waals surface area contributed by atoms with Crippen LogP contribution in [0.5, 0.6) is 0 Å². The van der Waals surface area contributed by atoms with Crippen molar-refractivity contribution in [3.8, 4) is 11.3 Å². The normalized spacial score (nSPS) is 11.7. The highest BCUT2D eigenvalue weighted by molar-refractivity contribution is 6.35. The number of carbonyl (C=O) groups is 1. The van der Waals surface area contributed by atoms with E-state index in [0.29, 0.717) is 6.20 Å². The summed E-state index contributed by atoms with van der Waals surface area (Å²) >= 11 is 12.1. The van der Waals surface area contributed by atoms with Crippen molar-refractivity contribution in [2.75, 3.05) is 14.2 Å². The molecule has 0 aliphatic heterocycles. The van der Waals surface area contributed by atoms with Gasteiger partial charge in [0, 0.05) is 17.3 Å². The highest BCUT2D eigenvalue weighted by Crippen LogP contribution is 2.36. The zero-order valence-electron chi connectivity index (χ0n) is 13.4. The fourth-order valence-electron chi connectivity index (χ4n) is 2.14. The van der Waals surface area contributed by atoms with Crippen LogP contribution in [0.15, 0.2) is 29.6 Å². The first-order valence-electron chi connectivity index (χ1n) is 6.91. The van der Waals surface area contributed by atoms with Gasteiger partial charge < -0.3 is 9.57 Å². The van der Waals surface area contributed by atoms with Gasteiger partial charge in [0.15, 0.2) is 0 Å². The van der Waals surface area contributed by atoms with Gasteiger partial charge >= 0.3 is 12.1 Å². The maximum atomic E-state index is 12.8. The van der Waals surface area contributed by atoms with E-state index < -0.39 is 17.7 Å². The van der Waals surface area contributed by atoms with E-state index in [1.165, 1.54) is 25.5 Å². The molecule has 2 rings (SSSR count). The van der Waals surface area contributed by atoms with Crippen molar-refractivity contribution in [1.29, 1.82) is 0 Å². The van der Waals surface area contributed by atoms with E-state index in [1.54, 1.807) is 0 Å². The molecule has 1 aromatic heterocycles. The van der Waals surface area contributed by atoms with Gasteiger partial charge in [-0.3, -0.25) is 4.98 Å². The van der Waals surface area contributed by atoms with E-state index in [-0.39, 0.29) is 32.4 Å². The van der Waals surface area contributed by atoms with Crippen LogP contribution in [0.1, 0.15) is 21.5 Å². The number of methoxy groups -OCH3 is 1. The second kappa shape index (κ2) is 7.92. The lowest BCUT2D eigenvalue weighted by molar-refractivity contribution is -0.137. The highest BCUT2D eigenvalue weighted by Gasteiger charge is 2.32. The van der Waals surface area contributed by atoms with Crippen molar-refractivity contribution in [3.05, 3.63) is 51.1 Å². The molecular formula is C16H11Cl2F3N2O3. The lowest BCUT2D eigenvalue weighted by Gasteiger charge is -2.14. The Morgan fingerprint density at radius 2 is 1.92 bits per heavy atom. The van der Waals surface area contributed by atoms with Crippen LogP contribution in [0.2, 0.25) is 10.0 Å². The molecule has 5 nitrogen and oxygen atoms in total. The Balaban J connectivity index is 2.74. The second-order valence-corrected chi connectivity index (χ2v) is 5.66. The zero-order valence-corrected chi connectivity index (χ0v) is 14.9. The molecule has 26 heavy (non-hydrogen) atoms. The van der Waals surface area contributed by atoms with Crippen LogP contribution in [0, 0.1) is 0 Å². The maximum Gasteiger partial charge on any atom is 0.417 e. The third-order valence-corrected chi connectivity index (χ3v) is 3.90. The maximum absolute atomic E-state index is 12.8. The summed E-state index contributed by atoms with van der Waals surface area (Å²) < 4.78 is 43.1. The Hall–Kier alpha value is -2.32. The standard InChI is InChI=1S/C16H11Cl2F3N2O3/c1-25-15(24)13-10(7-23-26-2)9(3-4-11(13)17)14-12(18)5-8(6-22-14)16(19,20)21/h3-7H,1-2H3. The predicted molar refractivity (Wildman–Crippen MR) is 90.6 cm³/mol. The van der Waals surface area contributed by atoms with Crippen molar-refractivity contribution in [3.63, 3.8) is 0 Å². The molecule has 138 valence electrons. The fourth-order valence-corrected chi connectivity index (χ4v) is 2.65. The summed E-state index contributed by atoms with van der Waals surface area (Å²) in [7, 11) is 2.44. The minimum Gasteiger partial charge on any atom is -0.465 e. The third kappa shape index (κ3) is 4.08. The van der Waals surface area contributed by atoms with Gasteiger partial charge in [0.1, 0.15) is 7.11 Å². The number of halogens is 5. The number of benzene rings is 1. The average molecular weight is 407 g/mol. The van der Waals surface area contributed by atoms with Gasteiger partial charge in [0.2, 0.25) is 0 Å². The Morgan fingerprint density at radius 3 is 2.46 bits per heavy atom. The van der Waals surface area contributed by atoms with Gasteiger partial charge in [0.05, 0.1) is 40.2 Å². The second-order valence-electron chi connectivity index (χ2n) is 4.84. The van der Waals surface area contributed by atoms with Crippen molar-refractivity contribution >= 4 is 35.4 Å². The summed E-state index contributed by atoms with van der Waals surface area (Å²) in [5.74, 6) is -0.766. The van der Waals surface area contributed by atoms with E-state index in [4.69, 9.17) is 27.9 Å². The number of rotatable bonds is 4. The van der Waals surface area contributed by atoms with Gasteiger partial charge in [-0.1, -0.05) is 34.4 Å². The van der Waals surface area contributed by atoms with Crippen molar-refractivity contribution < 1.29 is 27.5 Å². The molecule has 0 unspecified atom stereocenters. The number of hydrogen-bond acceptors (Lipinski definition) is 5. The van der Waals surface area contributed by atoms with E-state index in [2.05, 4.69) is 15.0 Å². The molecule has 0 aliphatic carbocycles. The lowest BCUT2D eigenvalue weighted by Crippen LogP contribution is -2.09. The molecule has 1 aromatic carbocycles. The van der Waals surface area contributed by atoms with Gasteiger partial charge in [0.25, 0.3) is 0 Å². The molecule has 0 saturated carbocycles. The molecule has 0 amide bonds. The number of pyridine rings is 1. The third-order valence-electron chi connectivity index (χ3n) is 3.30. The summed E-state index contributed by atoms with van der Waals surface area (Å²) in [6, 6.07) is 3.57. The van der Waals surface area contributed by atoms with E-state index >= 15 is 0 Å². The summed E-state index contributed by atoms with van der Waals surface area (Å²) in [5, 5.41) is 3.39. The van der Waals surface area contributed by atoms with Crippen molar-refractivity contribution in [2.45, 2.75) is 6.18 Å². The van der Waals surface area contributed by atoms with Gasteiger partial charge in [-0.05, 0) is 12.1 Å².